The largest absolute Gasteiger partial charge is 0.375 e. The van der Waals surface area contributed by atoms with Crippen LogP contribution in [0.1, 0.15) is 18.4 Å². The zero-order valence-corrected chi connectivity index (χ0v) is 12.4. The molecule has 0 spiro atoms. The monoisotopic (exact) mass is 298 g/mol. The van der Waals surface area contributed by atoms with E-state index in [1.165, 1.54) is 0 Å². The van der Waals surface area contributed by atoms with Gasteiger partial charge in [-0.2, -0.15) is 4.98 Å². The molecule has 1 aliphatic heterocycles. The van der Waals surface area contributed by atoms with Crippen molar-refractivity contribution in [1.29, 1.82) is 0 Å². The molecule has 1 saturated heterocycles. The van der Waals surface area contributed by atoms with Gasteiger partial charge >= 0.3 is 0 Å². The number of imidazole rings is 1. The molecule has 0 aromatic carbocycles. The first-order valence-electron chi connectivity index (χ1n) is 7.48. The number of aromatic nitrogens is 5. The Morgan fingerprint density at radius 1 is 1.36 bits per heavy atom. The Kier molecular flexibility index (Phi) is 3.27. The van der Waals surface area contributed by atoms with Crippen molar-refractivity contribution in [3.8, 4) is 0 Å². The maximum atomic E-state index is 5.55. The van der Waals surface area contributed by atoms with Crippen molar-refractivity contribution in [2.75, 3.05) is 24.6 Å². The number of aromatic amines is 1. The van der Waals surface area contributed by atoms with E-state index in [-0.39, 0.29) is 6.10 Å². The molecule has 0 saturated carbocycles. The van der Waals surface area contributed by atoms with E-state index in [0.29, 0.717) is 6.42 Å². The Hall–Kier alpha value is -2.41. The van der Waals surface area contributed by atoms with Crippen LogP contribution in [0.15, 0.2) is 30.6 Å². The second kappa shape index (κ2) is 5.42. The van der Waals surface area contributed by atoms with Crippen molar-refractivity contribution in [3.05, 3.63) is 42.1 Å². The highest BCUT2D eigenvalue weighted by molar-refractivity contribution is 5.40. The van der Waals surface area contributed by atoms with Gasteiger partial charge in [0.05, 0.1) is 24.8 Å². The summed E-state index contributed by atoms with van der Waals surface area (Å²) in [5.74, 6) is 1.58. The van der Waals surface area contributed by atoms with E-state index in [4.69, 9.17) is 4.74 Å². The summed E-state index contributed by atoms with van der Waals surface area (Å²) in [4.78, 5) is 11.3. The fraction of sp³-hybridized carbons (Fsp3) is 0.400. The van der Waals surface area contributed by atoms with E-state index < -0.39 is 0 Å². The summed E-state index contributed by atoms with van der Waals surface area (Å²) < 4.78 is 7.56. The Morgan fingerprint density at radius 3 is 3.18 bits per heavy atom. The molecule has 114 valence electrons. The molecule has 1 fully saturated rings. The van der Waals surface area contributed by atoms with Crippen LogP contribution in [0.2, 0.25) is 0 Å². The first-order chi connectivity index (χ1) is 10.8. The van der Waals surface area contributed by atoms with Crippen molar-refractivity contribution in [1.82, 2.24) is 24.6 Å². The summed E-state index contributed by atoms with van der Waals surface area (Å²) in [6, 6.07) is 5.97. The Bertz CT molecular complexity index is 746. The SMILES string of the molecule is CC1CN(c2n[nH]c(Cc3cn4ccccc4n3)n2)CCO1. The van der Waals surface area contributed by atoms with Crippen LogP contribution in [0.25, 0.3) is 5.65 Å². The van der Waals surface area contributed by atoms with E-state index in [0.717, 1.165) is 42.8 Å². The molecule has 1 atom stereocenters. The first-order valence-corrected chi connectivity index (χ1v) is 7.48. The van der Waals surface area contributed by atoms with Gasteiger partial charge in [0.1, 0.15) is 11.5 Å². The molecule has 1 unspecified atom stereocenters. The fourth-order valence-electron chi connectivity index (χ4n) is 2.75. The zero-order chi connectivity index (χ0) is 14.9. The van der Waals surface area contributed by atoms with Gasteiger partial charge in [0, 0.05) is 25.5 Å². The molecule has 4 heterocycles. The van der Waals surface area contributed by atoms with Gasteiger partial charge in [-0.05, 0) is 19.1 Å². The highest BCUT2D eigenvalue weighted by Gasteiger charge is 2.20. The average Bonchev–Trinajstić information content (AvgIpc) is 3.13. The molecule has 1 N–H and O–H groups in total. The number of ether oxygens (including phenoxy) is 1. The van der Waals surface area contributed by atoms with Crippen molar-refractivity contribution < 1.29 is 4.74 Å². The van der Waals surface area contributed by atoms with Crippen LogP contribution in [-0.4, -0.2) is 50.4 Å². The average molecular weight is 298 g/mol. The number of hydrogen-bond acceptors (Lipinski definition) is 5. The second-order valence-corrected chi connectivity index (χ2v) is 5.58. The third kappa shape index (κ3) is 2.55. The van der Waals surface area contributed by atoms with Gasteiger partial charge < -0.3 is 14.0 Å². The van der Waals surface area contributed by atoms with Gasteiger partial charge in [0.25, 0.3) is 0 Å². The topological polar surface area (TPSA) is 71.3 Å². The van der Waals surface area contributed by atoms with Gasteiger partial charge in [0.2, 0.25) is 5.95 Å². The molecule has 7 nitrogen and oxygen atoms in total. The van der Waals surface area contributed by atoms with Crippen LogP contribution < -0.4 is 4.90 Å². The van der Waals surface area contributed by atoms with Crippen molar-refractivity contribution in [3.63, 3.8) is 0 Å². The van der Waals surface area contributed by atoms with Crippen LogP contribution in [-0.2, 0) is 11.2 Å². The number of rotatable bonds is 3. The molecule has 7 heteroatoms. The van der Waals surface area contributed by atoms with Crippen molar-refractivity contribution in [2.24, 2.45) is 0 Å². The smallest absolute Gasteiger partial charge is 0.244 e. The van der Waals surface area contributed by atoms with Gasteiger partial charge in [-0.15, -0.1) is 5.10 Å². The number of nitrogens with zero attached hydrogens (tertiary/aromatic N) is 5. The Balaban J connectivity index is 1.51. The molecule has 22 heavy (non-hydrogen) atoms. The van der Waals surface area contributed by atoms with Gasteiger partial charge in [0.15, 0.2) is 0 Å². The lowest BCUT2D eigenvalue weighted by Crippen LogP contribution is -2.41. The number of pyridine rings is 1. The molecular weight excluding hydrogens is 280 g/mol. The van der Waals surface area contributed by atoms with Crippen LogP contribution in [0, 0.1) is 0 Å². The van der Waals surface area contributed by atoms with Gasteiger partial charge in [-0.1, -0.05) is 6.07 Å². The maximum Gasteiger partial charge on any atom is 0.244 e. The predicted octanol–water partition coefficient (Wildman–Crippen LogP) is 1.27. The minimum atomic E-state index is 0.217. The quantitative estimate of drug-likeness (QED) is 0.788. The first kappa shape index (κ1) is 13.3. The van der Waals surface area contributed by atoms with E-state index >= 15 is 0 Å². The summed E-state index contributed by atoms with van der Waals surface area (Å²) >= 11 is 0. The van der Waals surface area contributed by atoms with Crippen LogP contribution in [0.3, 0.4) is 0 Å². The standard InChI is InChI=1S/C15H18N6O/c1-11-9-21(6-7-22-11)15-17-13(18-19-15)8-12-10-20-5-3-2-4-14(20)16-12/h2-5,10-11H,6-9H2,1H3,(H,17,18,19). The molecule has 0 aliphatic carbocycles. The van der Waals surface area contributed by atoms with E-state index in [9.17, 15) is 0 Å². The van der Waals surface area contributed by atoms with Gasteiger partial charge in [-0.3, -0.25) is 5.10 Å². The lowest BCUT2D eigenvalue weighted by molar-refractivity contribution is 0.0526. The molecule has 0 amide bonds. The molecule has 4 rings (SSSR count). The highest BCUT2D eigenvalue weighted by Crippen LogP contribution is 2.14. The summed E-state index contributed by atoms with van der Waals surface area (Å²) in [5, 5.41) is 7.34. The molecule has 3 aromatic rings. The summed E-state index contributed by atoms with van der Waals surface area (Å²) in [5.41, 5.74) is 1.92. The number of H-pyrrole nitrogens is 1. The van der Waals surface area contributed by atoms with Crippen LogP contribution in [0.4, 0.5) is 5.95 Å². The predicted molar refractivity (Wildman–Crippen MR) is 82.0 cm³/mol. The van der Waals surface area contributed by atoms with Crippen LogP contribution in [0.5, 0.6) is 0 Å². The van der Waals surface area contributed by atoms with E-state index in [1.807, 2.05) is 35.0 Å². The lowest BCUT2D eigenvalue weighted by atomic mass is 10.3. The Labute approximate surface area is 128 Å². The van der Waals surface area contributed by atoms with Crippen molar-refractivity contribution >= 4 is 11.6 Å². The second-order valence-electron chi connectivity index (χ2n) is 5.58. The minimum Gasteiger partial charge on any atom is -0.375 e. The molecule has 1 aliphatic rings. The normalized spacial score (nSPS) is 19.0. The van der Waals surface area contributed by atoms with E-state index in [2.05, 4.69) is 32.0 Å². The third-order valence-electron chi connectivity index (χ3n) is 3.81. The van der Waals surface area contributed by atoms with Crippen molar-refractivity contribution in [2.45, 2.75) is 19.4 Å². The third-order valence-corrected chi connectivity index (χ3v) is 3.81. The van der Waals surface area contributed by atoms with E-state index in [1.54, 1.807) is 0 Å². The highest BCUT2D eigenvalue weighted by atomic mass is 16.5. The lowest BCUT2D eigenvalue weighted by Gasteiger charge is -2.30. The number of nitrogens with one attached hydrogen (secondary N) is 1. The summed E-state index contributed by atoms with van der Waals surface area (Å²) in [7, 11) is 0. The molecule has 0 bridgehead atoms. The zero-order valence-electron chi connectivity index (χ0n) is 12.4. The number of anilines is 1. The maximum absolute atomic E-state index is 5.55. The van der Waals surface area contributed by atoms with Gasteiger partial charge in [-0.25, -0.2) is 4.98 Å². The minimum absolute atomic E-state index is 0.217. The number of hydrogen-bond donors (Lipinski definition) is 1. The van der Waals surface area contributed by atoms with Crippen LogP contribution >= 0.6 is 0 Å². The molecule has 3 aromatic heterocycles. The molecule has 0 radical (unpaired) electrons. The number of fused-ring (bicyclic) bond motifs is 1. The summed E-state index contributed by atoms with van der Waals surface area (Å²) in [6.07, 6.45) is 4.88. The molecular formula is C15H18N6O. The Morgan fingerprint density at radius 2 is 2.32 bits per heavy atom. The fourth-order valence-corrected chi connectivity index (χ4v) is 2.75. The number of morpholine rings is 1. The summed E-state index contributed by atoms with van der Waals surface area (Å²) in [6.45, 7) is 4.44.